The van der Waals surface area contributed by atoms with Crippen molar-refractivity contribution in [3.63, 3.8) is 0 Å². The van der Waals surface area contributed by atoms with E-state index in [-0.39, 0.29) is 5.54 Å². The first kappa shape index (κ1) is 19.8. The Morgan fingerprint density at radius 1 is 0.697 bits per heavy atom. The van der Waals surface area contributed by atoms with Gasteiger partial charge >= 0.3 is 0 Å². The zero-order valence-electron chi connectivity index (χ0n) is 18.4. The first-order valence-electron chi connectivity index (χ1n) is 11.5. The molecule has 1 fully saturated rings. The van der Waals surface area contributed by atoms with Crippen molar-refractivity contribution in [2.75, 3.05) is 0 Å². The van der Waals surface area contributed by atoms with Crippen LogP contribution in [0, 0.1) is 0 Å². The molecule has 6 rings (SSSR count). The van der Waals surface area contributed by atoms with Gasteiger partial charge in [-0.3, -0.25) is 4.98 Å². The number of aromatic nitrogens is 2. The third-order valence-electron chi connectivity index (χ3n) is 6.83. The summed E-state index contributed by atoms with van der Waals surface area (Å²) < 4.78 is 0. The highest BCUT2D eigenvalue weighted by Gasteiger charge is 2.34. The van der Waals surface area contributed by atoms with E-state index in [1.165, 1.54) is 12.0 Å². The summed E-state index contributed by atoms with van der Waals surface area (Å²) in [4.78, 5) is 9.79. The minimum atomic E-state index is -0.157. The van der Waals surface area contributed by atoms with Gasteiger partial charge in [-0.2, -0.15) is 0 Å². The average molecular weight is 428 g/mol. The van der Waals surface area contributed by atoms with Crippen LogP contribution in [0.2, 0.25) is 0 Å². The smallest absolute Gasteiger partial charge is 0.0893 e. The minimum absolute atomic E-state index is 0.157. The van der Waals surface area contributed by atoms with Gasteiger partial charge in [-0.25, -0.2) is 4.98 Å². The highest BCUT2D eigenvalue weighted by Crippen LogP contribution is 2.40. The molecule has 0 aliphatic heterocycles. The molecule has 2 aromatic heterocycles. The SMILES string of the molecule is NC1(c2ccc(-c3nc4cnc(-c5ccccc5)cc4cc3-c3ccccc3)cc2)CCC1. The van der Waals surface area contributed by atoms with E-state index >= 15 is 0 Å². The molecule has 0 radical (unpaired) electrons. The molecule has 0 spiro atoms. The predicted molar refractivity (Wildman–Crippen MR) is 136 cm³/mol. The zero-order chi connectivity index (χ0) is 22.3. The molecule has 0 atom stereocenters. The molecule has 2 heterocycles. The van der Waals surface area contributed by atoms with Gasteiger partial charge in [-0.1, -0.05) is 84.9 Å². The van der Waals surface area contributed by atoms with E-state index in [0.29, 0.717) is 0 Å². The Morgan fingerprint density at radius 3 is 2.00 bits per heavy atom. The fourth-order valence-electron chi connectivity index (χ4n) is 4.71. The standard InChI is InChI=1S/C30H25N3/c31-30(16-7-17-30)25-14-12-23(13-15-25)29-26(21-8-3-1-4-9-21)18-24-19-27(32-20-28(24)33-29)22-10-5-2-6-11-22/h1-6,8-15,18-20H,7,16-17,31H2. The van der Waals surface area contributed by atoms with Crippen molar-refractivity contribution in [1.29, 1.82) is 0 Å². The summed E-state index contributed by atoms with van der Waals surface area (Å²) in [5.41, 5.74) is 14.9. The molecule has 33 heavy (non-hydrogen) atoms. The summed E-state index contributed by atoms with van der Waals surface area (Å²) >= 11 is 0. The molecule has 0 saturated heterocycles. The second-order valence-corrected chi connectivity index (χ2v) is 8.97. The molecule has 3 nitrogen and oxygen atoms in total. The van der Waals surface area contributed by atoms with E-state index in [1.54, 1.807) is 0 Å². The summed E-state index contributed by atoms with van der Waals surface area (Å²) in [6, 6.07) is 33.8. The molecular formula is C30H25N3. The van der Waals surface area contributed by atoms with Crippen molar-refractivity contribution >= 4 is 10.9 Å². The molecule has 1 saturated carbocycles. The number of nitrogens with zero attached hydrogens (tertiary/aromatic N) is 2. The number of hydrogen-bond acceptors (Lipinski definition) is 3. The maximum atomic E-state index is 6.55. The van der Waals surface area contributed by atoms with Crippen LogP contribution in [-0.4, -0.2) is 9.97 Å². The van der Waals surface area contributed by atoms with Crippen LogP contribution in [0.1, 0.15) is 24.8 Å². The Balaban J connectivity index is 1.50. The highest BCUT2D eigenvalue weighted by molar-refractivity contribution is 5.92. The molecule has 1 aliphatic rings. The van der Waals surface area contributed by atoms with E-state index in [2.05, 4.69) is 72.8 Å². The van der Waals surface area contributed by atoms with Crippen LogP contribution in [0.5, 0.6) is 0 Å². The van der Waals surface area contributed by atoms with Crippen molar-refractivity contribution in [1.82, 2.24) is 9.97 Å². The van der Waals surface area contributed by atoms with E-state index in [0.717, 1.165) is 57.4 Å². The van der Waals surface area contributed by atoms with Gasteiger partial charge in [0.15, 0.2) is 0 Å². The predicted octanol–water partition coefficient (Wildman–Crippen LogP) is 6.97. The van der Waals surface area contributed by atoms with Gasteiger partial charge < -0.3 is 5.73 Å². The second kappa shape index (κ2) is 7.95. The molecule has 0 amide bonds. The van der Waals surface area contributed by atoms with Gasteiger partial charge in [-0.05, 0) is 42.5 Å². The first-order valence-corrected chi connectivity index (χ1v) is 11.5. The highest BCUT2D eigenvalue weighted by atomic mass is 14.8. The lowest BCUT2D eigenvalue weighted by molar-refractivity contribution is 0.253. The zero-order valence-corrected chi connectivity index (χ0v) is 18.4. The van der Waals surface area contributed by atoms with Gasteiger partial charge in [0.05, 0.1) is 23.1 Å². The van der Waals surface area contributed by atoms with E-state index in [4.69, 9.17) is 15.7 Å². The van der Waals surface area contributed by atoms with Crippen molar-refractivity contribution in [2.45, 2.75) is 24.8 Å². The van der Waals surface area contributed by atoms with Gasteiger partial charge in [0, 0.05) is 27.6 Å². The van der Waals surface area contributed by atoms with Crippen LogP contribution >= 0.6 is 0 Å². The fourth-order valence-corrected chi connectivity index (χ4v) is 4.71. The van der Waals surface area contributed by atoms with Crippen molar-refractivity contribution in [3.8, 4) is 33.6 Å². The van der Waals surface area contributed by atoms with Gasteiger partial charge in [-0.15, -0.1) is 0 Å². The quantitative estimate of drug-likeness (QED) is 0.337. The van der Waals surface area contributed by atoms with Crippen LogP contribution in [-0.2, 0) is 5.54 Å². The van der Waals surface area contributed by atoms with Gasteiger partial charge in [0.25, 0.3) is 0 Å². The number of fused-ring (bicyclic) bond motifs is 1. The lowest BCUT2D eigenvalue weighted by Gasteiger charge is -2.38. The maximum absolute atomic E-state index is 6.55. The number of benzene rings is 3. The third kappa shape index (κ3) is 3.61. The Labute approximate surface area is 194 Å². The Hall–Kier alpha value is -3.82. The van der Waals surface area contributed by atoms with Crippen LogP contribution in [0.15, 0.2) is 103 Å². The molecule has 3 heteroatoms. The number of hydrogen-bond donors (Lipinski definition) is 1. The Kier molecular flexibility index (Phi) is 4.78. The molecular weight excluding hydrogens is 402 g/mol. The molecule has 3 aromatic carbocycles. The lowest BCUT2D eigenvalue weighted by atomic mass is 9.72. The molecule has 0 unspecified atom stereocenters. The molecule has 1 aliphatic carbocycles. The number of rotatable bonds is 4. The second-order valence-electron chi connectivity index (χ2n) is 8.97. The number of pyridine rings is 2. The largest absolute Gasteiger partial charge is 0.321 e. The number of nitrogens with two attached hydrogens (primary N) is 1. The first-order chi connectivity index (χ1) is 16.2. The van der Waals surface area contributed by atoms with Crippen LogP contribution in [0.4, 0.5) is 0 Å². The summed E-state index contributed by atoms with van der Waals surface area (Å²) in [5.74, 6) is 0. The van der Waals surface area contributed by atoms with Crippen molar-refractivity contribution in [2.24, 2.45) is 5.73 Å². The Morgan fingerprint density at radius 2 is 1.36 bits per heavy atom. The normalized spacial score (nSPS) is 14.7. The van der Waals surface area contributed by atoms with Crippen molar-refractivity contribution < 1.29 is 0 Å². The van der Waals surface area contributed by atoms with E-state index in [1.807, 2.05) is 30.5 Å². The van der Waals surface area contributed by atoms with Crippen LogP contribution < -0.4 is 5.73 Å². The average Bonchev–Trinajstić information content (AvgIpc) is 2.87. The topological polar surface area (TPSA) is 51.8 Å². The third-order valence-corrected chi connectivity index (χ3v) is 6.83. The van der Waals surface area contributed by atoms with Crippen LogP contribution in [0.3, 0.4) is 0 Å². The fraction of sp³-hybridized carbons (Fsp3) is 0.133. The molecule has 2 N–H and O–H groups in total. The molecule has 0 bridgehead atoms. The Bertz CT molecular complexity index is 1420. The van der Waals surface area contributed by atoms with Crippen molar-refractivity contribution in [3.05, 3.63) is 109 Å². The van der Waals surface area contributed by atoms with Crippen LogP contribution in [0.25, 0.3) is 44.5 Å². The summed E-state index contributed by atoms with van der Waals surface area (Å²) in [5, 5.41) is 1.08. The summed E-state index contributed by atoms with van der Waals surface area (Å²) in [6.45, 7) is 0. The molecule has 5 aromatic rings. The van der Waals surface area contributed by atoms with Gasteiger partial charge in [0.1, 0.15) is 0 Å². The monoisotopic (exact) mass is 427 g/mol. The summed E-state index contributed by atoms with van der Waals surface area (Å²) in [7, 11) is 0. The van der Waals surface area contributed by atoms with Gasteiger partial charge in [0.2, 0.25) is 0 Å². The lowest BCUT2D eigenvalue weighted by Crippen LogP contribution is -2.43. The van der Waals surface area contributed by atoms with E-state index in [9.17, 15) is 0 Å². The minimum Gasteiger partial charge on any atom is -0.321 e. The summed E-state index contributed by atoms with van der Waals surface area (Å²) in [6.07, 6.45) is 5.21. The molecule has 160 valence electrons. The van der Waals surface area contributed by atoms with E-state index < -0.39 is 0 Å². The maximum Gasteiger partial charge on any atom is 0.0893 e.